The number of imide groups is 2. The van der Waals surface area contributed by atoms with Crippen LogP contribution in [-0.2, 0) is 16.2 Å². The Kier molecular flexibility index (Phi) is 7.85. The number of hydrogen-bond donors (Lipinski definition) is 1. The first kappa shape index (κ1) is 25.7. The molecule has 0 unspecified atom stereocenters. The third-order valence-electron chi connectivity index (χ3n) is 5.09. The van der Waals surface area contributed by atoms with Crippen LogP contribution in [-0.4, -0.2) is 17.8 Å². The number of aryl methyl sites for hydroxylation is 1. The average Bonchev–Trinajstić information content (AvgIpc) is 2.79. The highest BCUT2D eigenvalue weighted by molar-refractivity contribution is 14.1. The van der Waals surface area contributed by atoms with Crippen molar-refractivity contribution in [2.45, 2.75) is 13.5 Å². The number of benzene rings is 3. The van der Waals surface area contributed by atoms with Crippen molar-refractivity contribution in [1.82, 2.24) is 5.32 Å². The summed E-state index contributed by atoms with van der Waals surface area (Å²) in [6.45, 7) is 2.16. The van der Waals surface area contributed by atoms with E-state index in [9.17, 15) is 14.4 Å². The lowest BCUT2D eigenvalue weighted by Crippen LogP contribution is -2.54. The topological polar surface area (TPSA) is 75.7 Å². The third kappa shape index (κ3) is 5.72. The molecule has 1 fully saturated rings. The number of anilines is 1. The van der Waals surface area contributed by atoms with Gasteiger partial charge in [-0.3, -0.25) is 14.9 Å². The summed E-state index contributed by atoms with van der Waals surface area (Å²) in [4.78, 5) is 38.9. The molecule has 6 nitrogen and oxygen atoms in total. The Morgan fingerprint density at radius 1 is 1.03 bits per heavy atom. The summed E-state index contributed by atoms with van der Waals surface area (Å²) in [6, 6.07) is 14.8. The summed E-state index contributed by atoms with van der Waals surface area (Å²) in [5.41, 5.74) is 2.63. The summed E-state index contributed by atoms with van der Waals surface area (Å²) in [5.74, 6) is -0.863. The molecule has 35 heavy (non-hydrogen) atoms. The lowest BCUT2D eigenvalue weighted by atomic mass is 10.1. The first-order chi connectivity index (χ1) is 16.6. The van der Waals surface area contributed by atoms with Gasteiger partial charge in [0.15, 0.2) is 0 Å². The predicted octanol–water partition coefficient (Wildman–Crippen LogP) is 6.91. The molecule has 1 saturated heterocycles. The number of nitrogens with zero attached hydrogens (tertiary/aromatic N) is 1. The quantitative estimate of drug-likeness (QED) is 0.180. The molecule has 3 aromatic carbocycles. The predicted molar refractivity (Wildman–Crippen MR) is 148 cm³/mol. The van der Waals surface area contributed by atoms with E-state index >= 15 is 0 Å². The molecule has 1 aliphatic rings. The highest BCUT2D eigenvalue weighted by Gasteiger charge is 2.36. The second-order valence-electron chi connectivity index (χ2n) is 7.64. The summed E-state index contributed by atoms with van der Waals surface area (Å²) >= 11 is 17.6. The number of barbiturate groups is 1. The van der Waals surface area contributed by atoms with Gasteiger partial charge in [-0.1, -0.05) is 47.0 Å². The van der Waals surface area contributed by atoms with Gasteiger partial charge in [0.05, 0.1) is 23.8 Å². The van der Waals surface area contributed by atoms with Crippen LogP contribution in [0.25, 0.3) is 6.08 Å². The van der Waals surface area contributed by atoms with Gasteiger partial charge in [-0.2, -0.15) is 0 Å². The summed E-state index contributed by atoms with van der Waals surface area (Å²) < 4.78 is 7.34. The van der Waals surface area contributed by atoms with E-state index in [1.54, 1.807) is 48.5 Å². The third-order valence-corrected chi connectivity index (χ3v) is 7.22. The fourth-order valence-corrected chi connectivity index (χ4v) is 5.43. The highest BCUT2D eigenvalue weighted by Crippen LogP contribution is 2.34. The number of rotatable bonds is 5. The van der Waals surface area contributed by atoms with E-state index in [0.29, 0.717) is 31.5 Å². The standard InChI is InChI=1S/C25H16BrCl2IN2O4/c1-13-2-5-16(6-3-13)31-24(33)17(23(32)30-25(31)34)8-15-9-18(26)22(21(29)11-15)35-12-14-4-7-19(27)20(28)10-14/h2-11H,12H2,1H3,(H,30,32,34)/b17-8+. The van der Waals surface area contributed by atoms with E-state index < -0.39 is 17.8 Å². The summed E-state index contributed by atoms with van der Waals surface area (Å²) in [5, 5.41) is 3.14. The zero-order valence-corrected chi connectivity index (χ0v) is 23.3. The van der Waals surface area contributed by atoms with Crippen LogP contribution in [0.4, 0.5) is 10.5 Å². The highest BCUT2D eigenvalue weighted by atomic mass is 127. The van der Waals surface area contributed by atoms with Crippen LogP contribution in [0, 0.1) is 10.5 Å². The van der Waals surface area contributed by atoms with Crippen LogP contribution in [0.15, 0.2) is 64.6 Å². The van der Waals surface area contributed by atoms with Crippen LogP contribution in [0.1, 0.15) is 16.7 Å². The fraction of sp³-hybridized carbons (Fsp3) is 0.0800. The molecule has 0 atom stereocenters. The molecule has 3 aromatic rings. The Balaban J connectivity index is 1.59. The molecule has 0 aliphatic carbocycles. The molecule has 4 amide bonds. The van der Waals surface area contributed by atoms with Gasteiger partial charge in [0, 0.05) is 0 Å². The van der Waals surface area contributed by atoms with Crippen LogP contribution in [0.5, 0.6) is 5.75 Å². The molecule has 0 spiro atoms. The molecule has 178 valence electrons. The van der Waals surface area contributed by atoms with E-state index in [-0.39, 0.29) is 12.2 Å². The molecule has 0 radical (unpaired) electrons. The Labute approximate surface area is 233 Å². The van der Waals surface area contributed by atoms with E-state index in [0.717, 1.165) is 19.6 Å². The van der Waals surface area contributed by atoms with Crippen molar-refractivity contribution in [2.24, 2.45) is 0 Å². The maximum Gasteiger partial charge on any atom is 0.335 e. The fourth-order valence-electron chi connectivity index (χ4n) is 3.34. The van der Waals surface area contributed by atoms with E-state index in [1.165, 1.54) is 6.08 Å². The number of carbonyl (C=O) groups is 3. The van der Waals surface area contributed by atoms with Gasteiger partial charge in [0.2, 0.25) is 0 Å². The molecule has 10 heteroatoms. The Hall–Kier alpha value is -2.40. The van der Waals surface area contributed by atoms with Crippen LogP contribution in [0.2, 0.25) is 10.0 Å². The number of nitrogens with one attached hydrogen (secondary N) is 1. The second-order valence-corrected chi connectivity index (χ2v) is 10.5. The SMILES string of the molecule is Cc1ccc(N2C(=O)NC(=O)/C(=C\c3cc(Br)c(OCc4ccc(Cl)c(Cl)c4)c(I)c3)C2=O)cc1. The zero-order chi connectivity index (χ0) is 25.3. The minimum absolute atomic E-state index is 0.155. The molecule has 0 saturated carbocycles. The Morgan fingerprint density at radius 3 is 2.40 bits per heavy atom. The van der Waals surface area contributed by atoms with Crippen molar-refractivity contribution in [3.05, 3.63) is 94.9 Å². The van der Waals surface area contributed by atoms with Crippen LogP contribution in [0.3, 0.4) is 0 Å². The lowest BCUT2D eigenvalue weighted by Gasteiger charge is -2.26. The molecular formula is C25H16BrCl2IN2O4. The zero-order valence-electron chi connectivity index (χ0n) is 18.1. The molecule has 0 aromatic heterocycles. The van der Waals surface area contributed by atoms with E-state index in [1.807, 2.05) is 13.0 Å². The Bertz CT molecular complexity index is 1370. The molecular weight excluding hydrogens is 670 g/mol. The van der Waals surface area contributed by atoms with E-state index in [2.05, 4.69) is 43.8 Å². The first-order valence-electron chi connectivity index (χ1n) is 10.2. The minimum atomic E-state index is -0.789. The van der Waals surface area contributed by atoms with Crippen molar-refractivity contribution in [1.29, 1.82) is 0 Å². The maximum absolute atomic E-state index is 13.1. The maximum atomic E-state index is 13.1. The normalized spacial score (nSPS) is 14.9. The van der Waals surface area contributed by atoms with Crippen molar-refractivity contribution in [2.75, 3.05) is 4.90 Å². The second kappa shape index (κ2) is 10.7. The largest absolute Gasteiger partial charge is 0.487 e. The average molecular weight is 686 g/mol. The van der Waals surface area contributed by atoms with Crippen molar-refractivity contribution >= 4 is 91.3 Å². The van der Waals surface area contributed by atoms with Crippen molar-refractivity contribution in [3.63, 3.8) is 0 Å². The number of amides is 4. The van der Waals surface area contributed by atoms with Crippen LogP contribution >= 0.6 is 61.7 Å². The smallest absolute Gasteiger partial charge is 0.335 e. The van der Waals surface area contributed by atoms with Gasteiger partial charge >= 0.3 is 6.03 Å². The molecule has 1 N–H and O–H groups in total. The molecule has 4 rings (SSSR count). The van der Waals surface area contributed by atoms with Crippen molar-refractivity contribution < 1.29 is 19.1 Å². The summed E-state index contributed by atoms with van der Waals surface area (Å²) in [6.07, 6.45) is 1.45. The number of carbonyl (C=O) groups excluding carboxylic acids is 3. The summed E-state index contributed by atoms with van der Waals surface area (Å²) in [7, 11) is 0. The van der Waals surface area contributed by atoms with Gasteiger partial charge < -0.3 is 4.74 Å². The molecule has 1 heterocycles. The van der Waals surface area contributed by atoms with Gasteiger partial charge in [-0.15, -0.1) is 0 Å². The van der Waals surface area contributed by atoms with Gasteiger partial charge in [-0.05, 0) is 99.0 Å². The number of halogens is 4. The molecule has 1 aliphatic heterocycles. The van der Waals surface area contributed by atoms with Crippen molar-refractivity contribution in [3.8, 4) is 5.75 Å². The number of hydrogen-bond acceptors (Lipinski definition) is 4. The van der Waals surface area contributed by atoms with E-state index in [4.69, 9.17) is 27.9 Å². The monoisotopic (exact) mass is 684 g/mol. The van der Waals surface area contributed by atoms with Crippen LogP contribution < -0.4 is 15.0 Å². The minimum Gasteiger partial charge on any atom is -0.487 e. The Morgan fingerprint density at radius 2 is 1.74 bits per heavy atom. The van der Waals surface area contributed by atoms with Gasteiger partial charge in [0.1, 0.15) is 17.9 Å². The number of urea groups is 1. The molecule has 0 bridgehead atoms. The first-order valence-corrected chi connectivity index (χ1v) is 12.8. The van der Waals surface area contributed by atoms with Gasteiger partial charge in [0.25, 0.3) is 11.8 Å². The number of ether oxygens (including phenoxy) is 1. The lowest BCUT2D eigenvalue weighted by molar-refractivity contribution is -0.122. The van der Waals surface area contributed by atoms with Gasteiger partial charge in [-0.25, -0.2) is 9.69 Å².